The van der Waals surface area contributed by atoms with Crippen molar-refractivity contribution in [2.45, 2.75) is 31.7 Å². The van der Waals surface area contributed by atoms with E-state index in [2.05, 4.69) is 20.3 Å². The topological polar surface area (TPSA) is 69.2 Å². The van der Waals surface area contributed by atoms with Crippen molar-refractivity contribution in [3.8, 4) is 17.1 Å². The van der Waals surface area contributed by atoms with Crippen molar-refractivity contribution < 1.29 is 22.6 Å². The van der Waals surface area contributed by atoms with Gasteiger partial charge in [-0.25, -0.2) is 4.98 Å². The molecule has 0 aliphatic carbocycles. The molecule has 0 bridgehead atoms. The Morgan fingerprint density at radius 3 is 2.35 bits per heavy atom. The Bertz CT molecular complexity index is 1040. The summed E-state index contributed by atoms with van der Waals surface area (Å²) >= 11 is 0. The van der Waals surface area contributed by atoms with E-state index in [0.29, 0.717) is 0 Å². The van der Waals surface area contributed by atoms with Gasteiger partial charge in [0.2, 0.25) is 11.8 Å². The van der Waals surface area contributed by atoms with Crippen LogP contribution in [0.5, 0.6) is 5.88 Å². The lowest BCUT2D eigenvalue weighted by Gasteiger charge is -2.29. The zero-order valence-corrected chi connectivity index (χ0v) is 17.0. The number of pyridine rings is 1. The Morgan fingerprint density at radius 1 is 1.03 bits per heavy atom. The number of ether oxygens (including phenoxy) is 2. The molecule has 1 saturated heterocycles. The number of hydrogen-bond acceptors (Lipinski definition) is 6. The molecule has 3 heterocycles. The van der Waals surface area contributed by atoms with Crippen LogP contribution in [0.15, 0.2) is 54.9 Å². The summed E-state index contributed by atoms with van der Waals surface area (Å²) < 4.78 is 50.3. The van der Waals surface area contributed by atoms with E-state index in [0.717, 1.165) is 23.0 Å². The number of halogens is 3. The van der Waals surface area contributed by atoms with Gasteiger partial charge in [-0.2, -0.15) is 18.2 Å². The van der Waals surface area contributed by atoms with Gasteiger partial charge in [0, 0.05) is 18.0 Å². The first kappa shape index (κ1) is 21.0. The molecule has 1 aliphatic rings. The van der Waals surface area contributed by atoms with Crippen LogP contribution in [0, 0.1) is 0 Å². The summed E-state index contributed by atoms with van der Waals surface area (Å²) in [5, 5.41) is 3.11. The van der Waals surface area contributed by atoms with Crippen LogP contribution in [0.25, 0.3) is 11.3 Å². The third-order valence-electron chi connectivity index (χ3n) is 4.94. The Labute approximate surface area is 177 Å². The van der Waals surface area contributed by atoms with Crippen molar-refractivity contribution in [1.82, 2.24) is 15.0 Å². The van der Waals surface area contributed by atoms with E-state index < -0.39 is 29.3 Å². The molecule has 162 valence electrons. The zero-order chi connectivity index (χ0) is 22.1. The van der Waals surface area contributed by atoms with Gasteiger partial charge in [0.15, 0.2) is 0 Å². The molecular weight excluding hydrogens is 409 g/mol. The number of alkyl halides is 3. The first-order valence-corrected chi connectivity index (χ1v) is 9.71. The van der Waals surface area contributed by atoms with Gasteiger partial charge in [0.05, 0.1) is 24.4 Å². The number of hydrogen-bond donors (Lipinski definition) is 1. The van der Waals surface area contributed by atoms with E-state index in [9.17, 15) is 13.2 Å². The highest BCUT2D eigenvalue weighted by Gasteiger charge is 2.38. The quantitative estimate of drug-likeness (QED) is 0.612. The molecule has 1 fully saturated rings. The summed E-state index contributed by atoms with van der Waals surface area (Å²) in [7, 11) is 0. The summed E-state index contributed by atoms with van der Waals surface area (Å²) in [6.07, 6.45) is -2.60. The molecule has 6 nitrogen and oxygen atoms in total. The van der Waals surface area contributed by atoms with Gasteiger partial charge in [0.1, 0.15) is 11.7 Å². The third kappa shape index (κ3) is 4.77. The molecule has 1 aliphatic heterocycles. The second-order valence-electron chi connectivity index (χ2n) is 7.73. The van der Waals surface area contributed by atoms with Crippen LogP contribution < -0.4 is 10.1 Å². The predicted octanol–water partition coefficient (Wildman–Crippen LogP) is 4.68. The fourth-order valence-corrected chi connectivity index (χ4v) is 3.09. The molecule has 0 radical (unpaired) electrons. The van der Waals surface area contributed by atoms with Crippen LogP contribution in [0.3, 0.4) is 0 Å². The number of anilines is 1. The number of aromatic nitrogens is 3. The van der Waals surface area contributed by atoms with Gasteiger partial charge in [-0.15, -0.1) is 0 Å². The first-order chi connectivity index (χ1) is 14.7. The highest BCUT2D eigenvalue weighted by molar-refractivity contribution is 5.59. The Kier molecular flexibility index (Phi) is 5.53. The largest absolute Gasteiger partial charge is 0.469 e. The van der Waals surface area contributed by atoms with Crippen molar-refractivity contribution in [3.63, 3.8) is 0 Å². The van der Waals surface area contributed by atoms with E-state index >= 15 is 0 Å². The Hall–Kier alpha value is -3.20. The molecule has 0 spiro atoms. The van der Waals surface area contributed by atoms with E-state index in [1.165, 1.54) is 0 Å². The van der Waals surface area contributed by atoms with Crippen LogP contribution in [-0.2, 0) is 16.5 Å². The van der Waals surface area contributed by atoms with Gasteiger partial charge in [-0.3, -0.25) is 4.98 Å². The second kappa shape index (κ2) is 8.14. The molecule has 1 N–H and O–H groups in total. The number of nitrogens with zero attached hydrogens (tertiary/aromatic N) is 3. The molecule has 1 aromatic carbocycles. The van der Waals surface area contributed by atoms with Crippen molar-refractivity contribution in [3.05, 3.63) is 66.0 Å². The first-order valence-electron chi connectivity index (χ1n) is 9.71. The van der Waals surface area contributed by atoms with Crippen LogP contribution in [0.4, 0.5) is 19.1 Å². The van der Waals surface area contributed by atoms with E-state index in [-0.39, 0.29) is 19.2 Å². The minimum Gasteiger partial charge on any atom is -0.469 e. The fraction of sp³-hybridized carbons (Fsp3) is 0.318. The minimum absolute atomic E-state index is 0.0436. The summed E-state index contributed by atoms with van der Waals surface area (Å²) in [6, 6.07) is 13.4. The standard InChI is InChI=1S/C22H21F3N4O2/c1-21(2,15-8-6-14(7-9-15)18-5-3-4-10-26-18)29-20-27-11-17(22(23,24)25)19(28-20)31-16-12-30-13-16/h3-11,16H,12-13H2,1-2H3,(H,27,28,29). The van der Waals surface area contributed by atoms with Crippen molar-refractivity contribution in [2.75, 3.05) is 18.5 Å². The zero-order valence-electron chi connectivity index (χ0n) is 17.0. The lowest BCUT2D eigenvalue weighted by Crippen LogP contribution is -2.39. The highest BCUT2D eigenvalue weighted by atomic mass is 19.4. The van der Waals surface area contributed by atoms with Gasteiger partial charge in [0.25, 0.3) is 0 Å². The number of rotatable bonds is 6. The van der Waals surface area contributed by atoms with Crippen LogP contribution >= 0.6 is 0 Å². The van der Waals surface area contributed by atoms with E-state index in [1.807, 2.05) is 56.3 Å². The molecule has 3 aromatic rings. The summed E-state index contributed by atoms with van der Waals surface area (Å²) in [5.74, 6) is -0.457. The maximum absolute atomic E-state index is 13.3. The summed E-state index contributed by atoms with van der Waals surface area (Å²) in [6.45, 7) is 4.25. The van der Waals surface area contributed by atoms with E-state index in [1.54, 1.807) is 6.20 Å². The molecular formula is C22H21F3N4O2. The maximum Gasteiger partial charge on any atom is 0.423 e. The molecule has 31 heavy (non-hydrogen) atoms. The van der Waals surface area contributed by atoms with Gasteiger partial charge < -0.3 is 14.8 Å². The normalized spacial score (nSPS) is 14.7. The van der Waals surface area contributed by atoms with Gasteiger partial charge in [-0.05, 0) is 31.5 Å². The number of nitrogens with one attached hydrogen (secondary N) is 1. The number of benzene rings is 1. The van der Waals surface area contributed by atoms with Crippen molar-refractivity contribution in [2.24, 2.45) is 0 Å². The summed E-state index contributed by atoms with van der Waals surface area (Å²) in [4.78, 5) is 12.2. The predicted molar refractivity (Wildman–Crippen MR) is 109 cm³/mol. The van der Waals surface area contributed by atoms with Gasteiger partial charge in [-0.1, -0.05) is 30.3 Å². The molecule has 2 aromatic heterocycles. The third-order valence-corrected chi connectivity index (χ3v) is 4.94. The second-order valence-corrected chi connectivity index (χ2v) is 7.73. The lowest BCUT2D eigenvalue weighted by atomic mass is 9.93. The van der Waals surface area contributed by atoms with E-state index in [4.69, 9.17) is 9.47 Å². The molecule has 4 rings (SSSR count). The lowest BCUT2D eigenvalue weighted by molar-refractivity contribution is -0.142. The molecule has 0 atom stereocenters. The van der Waals surface area contributed by atoms with Gasteiger partial charge >= 0.3 is 6.18 Å². The average molecular weight is 430 g/mol. The van der Waals surface area contributed by atoms with Crippen molar-refractivity contribution >= 4 is 5.95 Å². The Balaban J connectivity index is 1.56. The monoisotopic (exact) mass is 430 g/mol. The summed E-state index contributed by atoms with van der Waals surface area (Å²) in [5.41, 5.74) is 1.06. The Morgan fingerprint density at radius 2 is 1.77 bits per heavy atom. The SMILES string of the molecule is CC(C)(Nc1ncc(C(F)(F)F)c(OC2COC2)n1)c1ccc(-c2ccccn2)cc1. The minimum atomic E-state index is -4.62. The van der Waals surface area contributed by atoms with Crippen LogP contribution in [0.2, 0.25) is 0 Å². The molecule has 0 amide bonds. The van der Waals surface area contributed by atoms with Crippen molar-refractivity contribution in [1.29, 1.82) is 0 Å². The molecule has 0 unspecified atom stereocenters. The average Bonchev–Trinajstić information content (AvgIpc) is 2.70. The fourth-order valence-electron chi connectivity index (χ4n) is 3.09. The molecule has 0 saturated carbocycles. The maximum atomic E-state index is 13.3. The highest BCUT2D eigenvalue weighted by Crippen LogP contribution is 2.36. The van der Waals surface area contributed by atoms with Crippen LogP contribution in [0.1, 0.15) is 25.0 Å². The van der Waals surface area contributed by atoms with Crippen LogP contribution in [-0.4, -0.2) is 34.3 Å². The molecule has 9 heteroatoms. The smallest absolute Gasteiger partial charge is 0.423 e.